The fraction of sp³-hybridized carbons (Fsp3) is 0.448. The summed E-state index contributed by atoms with van der Waals surface area (Å²) in [5.41, 5.74) is 4.43. The van der Waals surface area contributed by atoms with Crippen LogP contribution in [0.3, 0.4) is 0 Å². The van der Waals surface area contributed by atoms with E-state index in [1.165, 1.54) is 5.56 Å². The number of hydrogen-bond acceptors (Lipinski definition) is 6. The van der Waals surface area contributed by atoms with Crippen LogP contribution < -0.4 is 5.32 Å². The van der Waals surface area contributed by atoms with Crippen molar-refractivity contribution in [2.24, 2.45) is 5.41 Å². The van der Waals surface area contributed by atoms with Crippen LogP contribution in [0.15, 0.2) is 42.5 Å². The van der Waals surface area contributed by atoms with Crippen molar-refractivity contribution < 1.29 is 23.9 Å². The highest BCUT2D eigenvalue weighted by molar-refractivity contribution is 6.08. The van der Waals surface area contributed by atoms with Gasteiger partial charge in [-0.2, -0.15) is 0 Å². The van der Waals surface area contributed by atoms with Gasteiger partial charge in [0, 0.05) is 49.1 Å². The summed E-state index contributed by atoms with van der Waals surface area (Å²) in [6, 6.07) is 12.7. The Bertz CT molecular complexity index is 1270. The molecule has 2 aromatic rings. The Balaban J connectivity index is 1.06. The average molecular weight is 502 g/mol. The van der Waals surface area contributed by atoms with E-state index in [2.05, 4.69) is 34.5 Å². The Hall–Kier alpha value is -3.36. The number of benzene rings is 2. The zero-order valence-electron chi connectivity index (χ0n) is 21.0. The number of ketones is 2. The maximum Gasteiger partial charge on any atom is 0.255 e. The summed E-state index contributed by atoms with van der Waals surface area (Å²) in [6.45, 7) is 7.14. The number of carbonyl (C=O) groups excluding carboxylic acids is 4. The van der Waals surface area contributed by atoms with Crippen LogP contribution in [0.4, 0.5) is 0 Å². The minimum atomic E-state index is -0.563. The van der Waals surface area contributed by atoms with Gasteiger partial charge in [-0.05, 0) is 48.2 Å². The second-order valence-electron chi connectivity index (χ2n) is 11.1. The third kappa shape index (κ3) is 4.49. The predicted molar refractivity (Wildman–Crippen MR) is 135 cm³/mol. The summed E-state index contributed by atoms with van der Waals surface area (Å²) in [6.07, 6.45) is 0.581. The first-order chi connectivity index (χ1) is 17.8. The van der Waals surface area contributed by atoms with Crippen molar-refractivity contribution in [2.75, 3.05) is 26.3 Å². The first kappa shape index (κ1) is 24.0. The summed E-state index contributed by atoms with van der Waals surface area (Å²) < 4.78 is 5.35. The molecule has 2 amide bonds. The largest absolute Gasteiger partial charge is 0.380 e. The standard InChI is InChI=1S/C29H31N3O5/c1-18(20-4-2-19(3-5-20)12-31-14-29(15-31)16-37-17-29)30-27(35)21-6-8-24-22(10-21)13-32(28(24)36)25-9-7-23(33)11-26(25)34/h2-6,8,10,18,25H,7,9,11-17H2,1H3,(H,30,35)/t18-,25?/m0/s1. The quantitative estimate of drug-likeness (QED) is 0.612. The molecule has 2 aromatic carbocycles. The molecule has 0 aromatic heterocycles. The molecule has 3 heterocycles. The van der Waals surface area contributed by atoms with Crippen LogP contribution in [-0.2, 0) is 27.4 Å². The Morgan fingerprint density at radius 2 is 1.86 bits per heavy atom. The Labute approximate surface area is 215 Å². The van der Waals surface area contributed by atoms with E-state index in [4.69, 9.17) is 4.74 Å². The van der Waals surface area contributed by atoms with Crippen LogP contribution in [-0.4, -0.2) is 65.5 Å². The Morgan fingerprint density at radius 3 is 2.54 bits per heavy atom. The lowest BCUT2D eigenvalue weighted by Gasteiger charge is -2.55. The van der Waals surface area contributed by atoms with Gasteiger partial charge in [-0.25, -0.2) is 0 Å². The van der Waals surface area contributed by atoms with Gasteiger partial charge in [-0.1, -0.05) is 24.3 Å². The summed E-state index contributed by atoms with van der Waals surface area (Å²) in [5.74, 6) is -0.686. The highest BCUT2D eigenvalue weighted by Crippen LogP contribution is 2.38. The number of amides is 2. The molecule has 2 atom stereocenters. The lowest BCUT2D eigenvalue weighted by molar-refractivity contribution is -0.191. The molecule has 1 N–H and O–H groups in total. The molecule has 1 spiro atoms. The number of likely N-dealkylation sites (tertiary alicyclic amines) is 1. The molecule has 1 saturated carbocycles. The predicted octanol–water partition coefficient (Wildman–Crippen LogP) is 2.66. The lowest BCUT2D eigenvalue weighted by atomic mass is 9.78. The molecular weight excluding hydrogens is 470 g/mol. The summed E-state index contributed by atoms with van der Waals surface area (Å²) in [5, 5.41) is 3.06. The molecule has 1 unspecified atom stereocenters. The number of rotatable bonds is 6. The molecule has 4 aliphatic rings. The normalized spacial score (nSPS) is 23.4. The van der Waals surface area contributed by atoms with Crippen LogP contribution in [0.5, 0.6) is 0 Å². The molecule has 0 radical (unpaired) electrons. The third-order valence-corrected chi connectivity index (χ3v) is 8.18. The van der Waals surface area contributed by atoms with E-state index in [9.17, 15) is 19.2 Å². The Kier molecular flexibility index (Phi) is 5.96. The zero-order valence-corrected chi connectivity index (χ0v) is 21.0. The maximum atomic E-state index is 13.0. The van der Waals surface area contributed by atoms with Gasteiger partial charge >= 0.3 is 0 Å². The number of ether oxygens (including phenoxy) is 1. The van der Waals surface area contributed by atoms with E-state index in [0.29, 0.717) is 29.4 Å². The molecule has 0 bridgehead atoms. The van der Waals surface area contributed by atoms with Crippen molar-refractivity contribution in [3.8, 4) is 0 Å². The minimum absolute atomic E-state index is 0.0679. The fourth-order valence-electron chi connectivity index (χ4n) is 6.05. The van der Waals surface area contributed by atoms with Gasteiger partial charge in [0.05, 0.1) is 31.7 Å². The molecule has 37 heavy (non-hydrogen) atoms. The SMILES string of the molecule is C[C@H](NC(=O)c1ccc2c(c1)CN(C1CCC(=O)CC1=O)C2=O)c1ccc(CN2CC3(COC3)C2)cc1. The summed E-state index contributed by atoms with van der Waals surface area (Å²) in [4.78, 5) is 53.9. The molecule has 192 valence electrons. The highest BCUT2D eigenvalue weighted by Gasteiger charge is 2.48. The number of Topliss-reactive ketones (excluding diaryl/α,β-unsaturated/α-hetero) is 2. The third-order valence-electron chi connectivity index (χ3n) is 8.18. The van der Waals surface area contributed by atoms with E-state index in [0.717, 1.165) is 44.0 Å². The monoisotopic (exact) mass is 501 g/mol. The van der Waals surface area contributed by atoms with Gasteiger partial charge in [0.2, 0.25) is 0 Å². The van der Waals surface area contributed by atoms with Crippen molar-refractivity contribution in [3.05, 3.63) is 70.3 Å². The van der Waals surface area contributed by atoms with Crippen molar-refractivity contribution in [3.63, 3.8) is 0 Å². The number of fused-ring (bicyclic) bond motifs is 1. The lowest BCUT2D eigenvalue weighted by Crippen LogP contribution is -2.65. The Morgan fingerprint density at radius 1 is 1.11 bits per heavy atom. The number of nitrogens with zero attached hydrogens (tertiary/aromatic N) is 2. The molecule has 6 rings (SSSR count). The van der Waals surface area contributed by atoms with E-state index in [-0.39, 0.29) is 42.4 Å². The van der Waals surface area contributed by atoms with Crippen LogP contribution >= 0.6 is 0 Å². The van der Waals surface area contributed by atoms with Gasteiger partial charge in [-0.15, -0.1) is 0 Å². The molecular formula is C29H31N3O5. The average Bonchev–Trinajstić information content (AvgIpc) is 3.15. The summed E-state index contributed by atoms with van der Waals surface area (Å²) in [7, 11) is 0. The molecule has 8 nitrogen and oxygen atoms in total. The first-order valence-corrected chi connectivity index (χ1v) is 13.0. The van der Waals surface area contributed by atoms with Crippen LogP contribution in [0, 0.1) is 5.41 Å². The smallest absolute Gasteiger partial charge is 0.255 e. The van der Waals surface area contributed by atoms with Crippen molar-refractivity contribution in [1.82, 2.24) is 15.1 Å². The second kappa shape index (κ2) is 9.19. The van der Waals surface area contributed by atoms with Crippen molar-refractivity contribution in [2.45, 2.75) is 51.4 Å². The van der Waals surface area contributed by atoms with Gasteiger partial charge in [0.1, 0.15) is 5.78 Å². The van der Waals surface area contributed by atoms with Crippen LogP contribution in [0.25, 0.3) is 0 Å². The first-order valence-electron chi connectivity index (χ1n) is 13.0. The minimum Gasteiger partial charge on any atom is -0.380 e. The van der Waals surface area contributed by atoms with Gasteiger partial charge in [0.15, 0.2) is 5.78 Å². The van der Waals surface area contributed by atoms with Gasteiger partial charge in [0.25, 0.3) is 11.8 Å². The highest BCUT2D eigenvalue weighted by atomic mass is 16.5. The number of hydrogen-bond donors (Lipinski definition) is 1. The van der Waals surface area contributed by atoms with Crippen LogP contribution in [0.2, 0.25) is 0 Å². The van der Waals surface area contributed by atoms with Gasteiger partial charge in [-0.3, -0.25) is 24.1 Å². The van der Waals surface area contributed by atoms with Crippen molar-refractivity contribution in [1.29, 1.82) is 0 Å². The fourth-order valence-corrected chi connectivity index (χ4v) is 6.05. The van der Waals surface area contributed by atoms with E-state index in [1.807, 2.05) is 6.92 Å². The van der Waals surface area contributed by atoms with Crippen LogP contribution in [0.1, 0.15) is 69.6 Å². The maximum absolute atomic E-state index is 13.0. The van der Waals surface area contributed by atoms with E-state index >= 15 is 0 Å². The van der Waals surface area contributed by atoms with E-state index in [1.54, 1.807) is 23.1 Å². The number of nitrogens with one attached hydrogen (secondary N) is 1. The molecule has 2 saturated heterocycles. The molecule has 8 heteroatoms. The summed E-state index contributed by atoms with van der Waals surface area (Å²) >= 11 is 0. The molecule has 3 fully saturated rings. The van der Waals surface area contributed by atoms with Crippen molar-refractivity contribution >= 4 is 23.4 Å². The number of carbonyl (C=O) groups is 4. The molecule has 3 aliphatic heterocycles. The second-order valence-corrected chi connectivity index (χ2v) is 11.1. The molecule has 1 aliphatic carbocycles. The van der Waals surface area contributed by atoms with E-state index < -0.39 is 6.04 Å². The zero-order chi connectivity index (χ0) is 25.7. The topological polar surface area (TPSA) is 96.0 Å². The van der Waals surface area contributed by atoms with Gasteiger partial charge < -0.3 is 15.0 Å².